The Hall–Kier alpha value is -1.48. The highest BCUT2D eigenvalue weighted by atomic mass is 16.5. The largest absolute Gasteiger partial charge is 0.452 e. The first-order valence-corrected chi connectivity index (χ1v) is 4.77. The minimum atomic E-state index is -0.233. The van der Waals surface area contributed by atoms with E-state index in [4.69, 9.17) is 16.4 Å². The lowest BCUT2D eigenvalue weighted by Gasteiger charge is -2.00. The molecule has 0 aliphatic carbocycles. The molecule has 0 N–H and O–H groups in total. The second-order valence-corrected chi connectivity index (χ2v) is 2.94. The van der Waals surface area contributed by atoms with Crippen LogP contribution >= 0.6 is 0 Å². The molecule has 0 atom stereocenters. The van der Waals surface area contributed by atoms with Gasteiger partial charge in [-0.05, 0) is 12.8 Å². The van der Waals surface area contributed by atoms with E-state index in [-0.39, 0.29) is 12.6 Å². The molecule has 0 unspecified atom stereocenters. The van der Waals surface area contributed by atoms with Gasteiger partial charge >= 0.3 is 5.97 Å². The lowest BCUT2D eigenvalue weighted by molar-refractivity contribution is -0.142. The summed E-state index contributed by atoms with van der Waals surface area (Å²) >= 11 is 0. The van der Waals surface area contributed by atoms with Crippen LogP contribution < -0.4 is 0 Å². The maximum Gasteiger partial charge on any atom is 0.306 e. The molecule has 0 aliphatic heterocycles. The topological polar surface area (TPSA) is 50.1 Å². The third kappa shape index (κ3) is 8.62. The summed E-state index contributed by atoms with van der Waals surface area (Å²) in [5, 5.41) is 8.27. The number of hydrogen-bond donors (Lipinski definition) is 0. The molecule has 3 nitrogen and oxygen atoms in total. The van der Waals surface area contributed by atoms with Crippen molar-refractivity contribution in [3.05, 3.63) is 0 Å². The number of carbonyl (C=O) groups excluding carboxylic acids is 1. The van der Waals surface area contributed by atoms with Crippen molar-refractivity contribution < 1.29 is 9.53 Å². The van der Waals surface area contributed by atoms with Crippen molar-refractivity contribution in [1.29, 1.82) is 5.26 Å². The normalized spacial score (nSPS) is 8.71. The summed E-state index contributed by atoms with van der Waals surface area (Å²) in [7, 11) is 0. The van der Waals surface area contributed by atoms with E-state index in [1.165, 1.54) is 0 Å². The summed E-state index contributed by atoms with van der Waals surface area (Å²) in [6.07, 6.45) is 9.64. The Balaban J connectivity index is 3.16. The molecule has 0 bridgehead atoms. The van der Waals surface area contributed by atoms with Gasteiger partial charge < -0.3 is 4.74 Å². The first-order chi connectivity index (χ1) is 6.81. The van der Waals surface area contributed by atoms with Gasteiger partial charge in [-0.2, -0.15) is 5.26 Å². The van der Waals surface area contributed by atoms with E-state index in [2.05, 4.69) is 12.0 Å². The molecule has 0 spiro atoms. The van der Waals surface area contributed by atoms with Crippen LogP contribution in [0, 0.1) is 23.7 Å². The van der Waals surface area contributed by atoms with E-state index >= 15 is 0 Å². The molecular formula is C11H15NO2. The van der Waals surface area contributed by atoms with Crippen LogP contribution in [0.25, 0.3) is 0 Å². The monoisotopic (exact) mass is 193 g/mol. The molecule has 76 valence electrons. The van der Waals surface area contributed by atoms with Gasteiger partial charge in [-0.25, -0.2) is 0 Å². The predicted octanol–water partition coefficient (Wildman–Crippen LogP) is 2.03. The van der Waals surface area contributed by atoms with Gasteiger partial charge in [0.25, 0.3) is 0 Å². The number of rotatable bonds is 7. The minimum absolute atomic E-state index is 0.0628. The molecule has 0 aromatic rings. The maximum atomic E-state index is 10.9. The summed E-state index contributed by atoms with van der Waals surface area (Å²) in [5.41, 5.74) is 0. The fourth-order valence-electron chi connectivity index (χ4n) is 1.02. The van der Waals surface area contributed by atoms with Gasteiger partial charge in [-0.15, -0.1) is 6.42 Å². The summed E-state index contributed by atoms with van der Waals surface area (Å²) in [6.45, 7) is 0.0628. The molecule has 14 heavy (non-hydrogen) atoms. The maximum absolute atomic E-state index is 10.9. The number of nitriles is 1. The molecule has 0 saturated heterocycles. The summed E-state index contributed by atoms with van der Waals surface area (Å²) in [5.74, 6) is 2.00. The van der Waals surface area contributed by atoms with Gasteiger partial charge in [0, 0.05) is 12.8 Å². The smallest absolute Gasteiger partial charge is 0.306 e. The summed E-state index contributed by atoms with van der Waals surface area (Å²) in [6, 6.07) is 2.08. The van der Waals surface area contributed by atoms with Crippen molar-refractivity contribution in [2.75, 3.05) is 6.61 Å². The molecule has 0 aromatic heterocycles. The van der Waals surface area contributed by atoms with Gasteiger partial charge in [0.15, 0.2) is 6.61 Å². The first kappa shape index (κ1) is 12.5. The molecule has 0 amide bonds. The standard InChI is InChI=1S/C11H15NO2/c1-2-10-14-11(13)8-6-4-3-5-7-9-12/h1H,3-8,10H2. The lowest BCUT2D eigenvalue weighted by Crippen LogP contribution is -2.03. The molecule has 0 heterocycles. The zero-order valence-corrected chi connectivity index (χ0v) is 8.29. The Kier molecular flexibility index (Phi) is 8.59. The number of ether oxygens (including phenoxy) is 1. The van der Waals surface area contributed by atoms with Crippen LogP contribution in [0.3, 0.4) is 0 Å². The Morgan fingerprint density at radius 2 is 2.00 bits per heavy atom. The van der Waals surface area contributed by atoms with Gasteiger partial charge in [0.1, 0.15) is 0 Å². The van der Waals surface area contributed by atoms with Crippen molar-refractivity contribution in [2.45, 2.75) is 38.5 Å². The summed E-state index contributed by atoms with van der Waals surface area (Å²) < 4.78 is 4.69. The van der Waals surface area contributed by atoms with Crippen molar-refractivity contribution in [1.82, 2.24) is 0 Å². The molecule has 0 rings (SSSR count). The van der Waals surface area contributed by atoms with E-state index in [9.17, 15) is 4.79 Å². The number of esters is 1. The van der Waals surface area contributed by atoms with Crippen LogP contribution in [0.2, 0.25) is 0 Å². The van der Waals surface area contributed by atoms with Crippen LogP contribution in [0.4, 0.5) is 0 Å². The zero-order chi connectivity index (χ0) is 10.6. The van der Waals surface area contributed by atoms with E-state index in [0.717, 1.165) is 25.7 Å². The van der Waals surface area contributed by atoms with Crippen LogP contribution in [0.15, 0.2) is 0 Å². The van der Waals surface area contributed by atoms with Crippen LogP contribution in [-0.4, -0.2) is 12.6 Å². The van der Waals surface area contributed by atoms with Gasteiger partial charge in [-0.1, -0.05) is 18.8 Å². The number of nitrogens with zero attached hydrogens (tertiary/aromatic N) is 1. The van der Waals surface area contributed by atoms with E-state index in [0.29, 0.717) is 12.8 Å². The first-order valence-electron chi connectivity index (χ1n) is 4.77. The van der Waals surface area contributed by atoms with Crippen molar-refractivity contribution in [3.63, 3.8) is 0 Å². The quantitative estimate of drug-likeness (QED) is 0.353. The van der Waals surface area contributed by atoms with Crippen LogP contribution in [-0.2, 0) is 9.53 Å². The molecule has 3 heteroatoms. The van der Waals surface area contributed by atoms with Crippen molar-refractivity contribution in [2.24, 2.45) is 0 Å². The van der Waals surface area contributed by atoms with Crippen molar-refractivity contribution >= 4 is 5.97 Å². The average molecular weight is 193 g/mol. The van der Waals surface area contributed by atoms with Crippen LogP contribution in [0.1, 0.15) is 38.5 Å². The molecule has 0 fully saturated rings. The Morgan fingerprint density at radius 3 is 2.64 bits per heavy atom. The Morgan fingerprint density at radius 1 is 1.29 bits per heavy atom. The third-order valence-corrected chi connectivity index (χ3v) is 1.74. The highest BCUT2D eigenvalue weighted by Crippen LogP contribution is 2.05. The number of carbonyl (C=O) groups is 1. The zero-order valence-electron chi connectivity index (χ0n) is 8.29. The number of terminal acetylenes is 1. The molecule has 0 saturated carbocycles. The van der Waals surface area contributed by atoms with E-state index in [1.54, 1.807) is 0 Å². The highest BCUT2D eigenvalue weighted by molar-refractivity contribution is 5.69. The fraction of sp³-hybridized carbons (Fsp3) is 0.636. The second kappa shape index (κ2) is 9.61. The average Bonchev–Trinajstić information content (AvgIpc) is 2.20. The molecular weight excluding hydrogens is 178 g/mol. The SMILES string of the molecule is C#CCOC(=O)CCCCCCC#N. The minimum Gasteiger partial charge on any atom is -0.452 e. The number of hydrogen-bond acceptors (Lipinski definition) is 3. The summed E-state index contributed by atoms with van der Waals surface area (Å²) in [4.78, 5) is 10.9. The van der Waals surface area contributed by atoms with Gasteiger partial charge in [0.05, 0.1) is 6.07 Å². The highest BCUT2D eigenvalue weighted by Gasteiger charge is 2.00. The molecule has 0 aromatic carbocycles. The van der Waals surface area contributed by atoms with E-state index in [1.807, 2.05) is 0 Å². The second-order valence-electron chi connectivity index (χ2n) is 2.94. The molecule has 0 aliphatic rings. The molecule has 0 radical (unpaired) electrons. The van der Waals surface area contributed by atoms with Gasteiger partial charge in [-0.3, -0.25) is 4.79 Å². The van der Waals surface area contributed by atoms with Crippen LogP contribution in [0.5, 0.6) is 0 Å². The van der Waals surface area contributed by atoms with E-state index < -0.39 is 0 Å². The Labute approximate surface area is 85.1 Å². The third-order valence-electron chi connectivity index (χ3n) is 1.74. The predicted molar refractivity (Wildman–Crippen MR) is 53.1 cm³/mol. The van der Waals surface area contributed by atoms with Gasteiger partial charge in [0.2, 0.25) is 0 Å². The van der Waals surface area contributed by atoms with Crippen molar-refractivity contribution in [3.8, 4) is 18.4 Å². The Bertz CT molecular complexity index is 235. The lowest BCUT2D eigenvalue weighted by atomic mass is 10.1. The number of unbranched alkanes of at least 4 members (excludes halogenated alkanes) is 4. The fourth-order valence-corrected chi connectivity index (χ4v) is 1.02.